The maximum Gasteiger partial charge on any atom is 0.410 e. The Bertz CT molecular complexity index is 396. The molecule has 100 valence electrons. The molecule has 2 N–H and O–H groups in total. The van der Waals surface area contributed by atoms with Gasteiger partial charge in [-0.15, -0.1) is 0 Å². The van der Waals surface area contributed by atoms with Crippen LogP contribution in [-0.2, 0) is 4.74 Å². The number of amidine groups is 1. The summed E-state index contributed by atoms with van der Waals surface area (Å²) < 4.78 is 5.43. The monoisotopic (exact) mass is 251 g/mol. The number of hydrogen-bond acceptors (Lipinski definition) is 3. The van der Waals surface area contributed by atoms with E-state index < -0.39 is 5.60 Å². The lowest BCUT2D eigenvalue weighted by molar-refractivity contribution is 0.0132. The van der Waals surface area contributed by atoms with Gasteiger partial charge < -0.3 is 10.1 Å². The van der Waals surface area contributed by atoms with Crippen molar-refractivity contribution in [1.82, 2.24) is 10.2 Å². The van der Waals surface area contributed by atoms with Gasteiger partial charge >= 0.3 is 6.09 Å². The number of ether oxygens (including phenoxy) is 1. The molecule has 2 rings (SSSR count). The zero-order chi connectivity index (χ0) is 13.3. The highest BCUT2D eigenvalue weighted by Gasteiger charge is 2.34. The van der Waals surface area contributed by atoms with Crippen LogP contribution in [0.5, 0.6) is 0 Å². The maximum atomic E-state index is 12.1. The number of rotatable bonds is 1. The van der Waals surface area contributed by atoms with Crippen LogP contribution in [0.2, 0.25) is 0 Å². The van der Waals surface area contributed by atoms with Crippen molar-refractivity contribution in [2.45, 2.75) is 51.7 Å². The smallest absolute Gasteiger partial charge is 0.410 e. The normalized spacial score (nSPS) is 23.9. The quantitative estimate of drug-likeness (QED) is 0.751. The van der Waals surface area contributed by atoms with Crippen molar-refractivity contribution in [3.8, 4) is 0 Å². The van der Waals surface area contributed by atoms with E-state index in [9.17, 15) is 4.79 Å². The van der Waals surface area contributed by atoms with Crippen molar-refractivity contribution in [3.05, 3.63) is 11.8 Å². The Balaban J connectivity index is 2.06. The molecular weight excluding hydrogens is 230 g/mol. The van der Waals surface area contributed by atoms with Gasteiger partial charge in [0.05, 0.1) is 6.04 Å². The SMILES string of the molecule is CC(C)(C)OC(=O)N1CCCCC1C1=CC(=N)N1. The third-order valence-electron chi connectivity index (χ3n) is 3.07. The summed E-state index contributed by atoms with van der Waals surface area (Å²) >= 11 is 0. The van der Waals surface area contributed by atoms with Crippen LogP contribution >= 0.6 is 0 Å². The Morgan fingerprint density at radius 1 is 1.50 bits per heavy atom. The van der Waals surface area contributed by atoms with Gasteiger partial charge in [-0.05, 0) is 40.0 Å². The molecule has 0 bridgehead atoms. The lowest BCUT2D eigenvalue weighted by Crippen LogP contribution is -2.52. The third-order valence-corrected chi connectivity index (χ3v) is 3.07. The Labute approximate surface area is 108 Å². The van der Waals surface area contributed by atoms with E-state index in [2.05, 4.69) is 5.32 Å². The minimum atomic E-state index is -0.465. The molecule has 0 saturated carbocycles. The first-order valence-corrected chi connectivity index (χ1v) is 6.43. The molecule has 2 aliphatic heterocycles. The number of nitrogens with zero attached hydrogens (tertiary/aromatic N) is 1. The molecule has 5 heteroatoms. The molecule has 5 nitrogen and oxygen atoms in total. The molecule has 0 aromatic carbocycles. The highest BCUT2D eigenvalue weighted by Crippen LogP contribution is 2.26. The van der Waals surface area contributed by atoms with Crippen molar-refractivity contribution in [2.75, 3.05) is 6.54 Å². The molecule has 0 aromatic heterocycles. The van der Waals surface area contributed by atoms with E-state index in [4.69, 9.17) is 10.1 Å². The summed E-state index contributed by atoms with van der Waals surface area (Å²) in [6.07, 6.45) is 4.59. The fourth-order valence-electron chi connectivity index (χ4n) is 2.28. The molecule has 1 unspecified atom stereocenters. The standard InChI is InChI=1S/C13H21N3O2/c1-13(2,3)18-12(17)16-7-5-4-6-10(16)9-8-11(14)15-9/h8,10H,4-7H2,1-3H3,(H2,14,15). The van der Waals surface area contributed by atoms with Crippen molar-refractivity contribution in [3.63, 3.8) is 0 Å². The number of hydrogen-bond donors (Lipinski definition) is 2. The Morgan fingerprint density at radius 2 is 2.17 bits per heavy atom. The minimum Gasteiger partial charge on any atom is -0.444 e. The second kappa shape index (κ2) is 4.63. The summed E-state index contributed by atoms with van der Waals surface area (Å²) in [4.78, 5) is 13.9. The van der Waals surface area contributed by atoms with Gasteiger partial charge in [0.2, 0.25) is 0 Å². The average Bonchev–Trinajstić information content (AvgIpc) is 2.22. The molecule has 1 atom stereocenters. The van der Waals surface area contributed by atoms with Crippen molar-refractivity contribution in [2.24, 2.45) is 0 Å². The van der Waals surface area contributed by atoms with E-state index in [1.165, 1.54) is 0 Å². The van der Waals surface area contributed by atoms with E-state index in [-0.39, 0.29) is 12.1 Å². The molecule has 1 saturated heterocycles. The van der Waals surface area contributed by atoms with Crippen LogP contribution < -0.4 is 5.32 Å². The van der Waals surface area contributed by atoms with Gasteiger partial charge in [0.15, 0.2) is 0 Å². The van der Waals surface area contributed by atoms with Gasteiger partial charge in [-0.25, -0.2) is 4.79 Å². The Morgan fingerprint density at radius 3 is 2.72 bits per heavy atom. The topological polar surface area (TPSA) is 65.4 Å². The first-order chi connectivity index (χ1) is 8.37. The zero-order valence-electron chi connectivity index (χ0n) is 11.2. The van der Waals surface area contributed by atoms with Crippen LogP contribution in [-0.4, -0.2) is 35.0 Å². The van der Waals surface area contributed by atoms with Crippen LogP contribution in [0.1, 0.15) is 40.0 Å². The molecule has 18 heavy (non-hydrogen) atoms. The molecule has 0 aliphatic carbocycles. The fourth-order valence-corrected chi connectivity index (χ4v) is 2.28. The Hall–Kier alpha value is -1.52. The molecule has 1 fully saturated rings. The average molecular weight is 251 g/mol. The number of carbonyl (C=O) groups excluding carboxylic acids is 1. The van der Waals surface area contributed by atoms with Crippen LogP contribution in [0.15, 0.2) is 11.8 Å². The van der Waals surface area contributed by atoms with E-state index in [1.807, 2.05) is 20.8 Å². The summed E-state index contributed by atoms with van der Waals surface area (Å²) in [6.45, 7) is 6.35. The first-order valence-electron chi connectivity index (χ1n) is 6.43. The van der Waals surface area contributed by atoms with Crippen LogP contribution in [0.25, 0.3) is 0 Å². The lowest BCUT2D eigenvalue weighted by Gasteiger charge is -2.40. The van der Waals surface area contributed by atoms with Gasteiger partial charge in [0.25, 0.3) is 0 Å². The summed E-state index contributed by atoms with van der Waals surface area (Å²) in [5.74, 6) is 0.416. The van der Waals surface area contributed by atoms with Gasteiger partial charge in [0, 0.05) is 18.3 Å². The molecule has 2 heterocycles. The zero-order valence-corrected chi connectivity index (χ0v) is 11.2. The maximum absolute atomic E-state index is 12.1. The van der Waals surface area contributed by atoms with Gasteiger partial charge in [-0.1, -0.05) is 0 Å². The molecule has 0 aromatic rings. The first kappa shape index (κ1) is 12.9. The van der Waals surface area contributed by atoms with Gasteiger partial charge in [0.1, 0.15) is 11.4 Å². The number of amides is 1. The lowest BCUT2D eigenvalue weighted by atomic mass is 9.97. The van der Waals surface area contributed by atoms with E-state index >= 15 is 0 Å². The summed E-state index contributed by atoms with van der Waals surface area (Å²) in [5, 5.41) is 10.3. The Kier molecular flexibility index (Phi) is 3.32. The van der Waals surface area contributed by atoms with Crippen molar-refractivity contribution in [1.29, 1.82) is 5.41 Å². The second-order valence-electron chi connectivity index (χ2n) is 5.82. The van der Waals surface area contributed by atoms with Gasteiger partial charge in [-0.3, -0.25) is 10.3 Å². The summed E-state index contributed by atoms with van der Waals surface area (Å²) in [7, 11) is 0. The predicted octanol–water partition coefficient (Wildman–Crippen LogP) is 2.24. The van der Waals surface area contributed by atoms with Crippen LogP contribution in [0, 0.1) is 5.41 Å². The number of carbonyl (C=O) groups is 1. The molecular formula is C13H21N3O2. The molecule has 1 amide bonds. The van der Waals surface area contributed by atoms with E-state index in [0.29, 0.717) is 5.84 Å². The second-order valence-corrected chi connectivity index (χ2v) is 5.82. The van der Waals surface area contributed by atoms with E-state index in [0.717, 1.165) is 31.5 Å². The van der Waals surface area contributed by atoms with Crippen LogP contribution in [0.4, 0.5) is 4.79 Å². The van der Waals surface area contributed by atoms with Crippen LogP contribution in [0.3, 0.4) is 0 Å². The molecule has 0 radical (unpaired) electrons. The highest BCUT2D eigenvalue weighted by molar-refractivity contribution is 5.98. The summed E-state index contributed by atoms with van der Waals surface area (Å²) in [6, 6.07) is 0.0442. The molecule has 0 spiro atoms. The summed E-state index contributed by atoms with van der Waals surface area (Å²) in [5.41, 5.74) is 0.498. The number of nitrogens with one attached hydrogen (secondary N) is 2. The predicted molar refractivity (Wildman–Crippen MR) is 69.5 cm³/mol. The van der Waals surface area contributed by atoms with Crippen molar-refractivity contribution < 1.29 is 9.53 Å². The van der Waals surface area contributed by atoms with E-state index in [1.54, 1.807) is 11.0 Å². The van der Waals surface area contributed by atoms with Crippen molar-refractivity contribution >= 4 is 11.9 Å². The third kappa shape index (κ3) is 2.83. The molecule has 2 aliphatic rings. The number of likely N-dealkylation sites (tertiary alicyclic amines) is 1. The fraction of sp³-hybridized carbons (Fsp3) is 0.692. The minimum absolute atomic E-state index is 0.0442. The number of piperidine rings is 1. The highest BCUT2D eigenvalue weighted by atomic mass is 16.6. The largest absolute Gasteiger partial charge is 0.444 e. The van der Waals surface area contributed by atoms with Gasteiger partial charge in [-0.2, -0.15) is 0 Å².